The minimum absolute atomic E-state index is 0.00572. The molecule has 1 saturated heterocycles. The minimum Gasteiger partial charge on any atom is -0.379 e. The summed E-state index contributed by atoms with van der Waals surface area (Å²) in [5, 5.41) is 2.99. The van der Waals surface area contributed by atoms with E-state index < -0.39 is 28.9 Å². The zero-order valence-corrected chi connectivity index (χ0v) is 27.7. The van der Waals surface area contributed by atoms with Crippen LogP contribution in [-0.4, -0.2) is 66.7 Å². The third-order valence-electron chi connectivity index (χ3n) is 9.84. The van der Waals surface area contributed by atoms with Crippen LogP contribution in [0.4, 0.5) is 8.78 Å². The van der Waals surface area contributed by atoms with Crippen molar-refractivity contribution in [2.24, 2.45) is 0 Å². The molecule has 0 radical (unpaired) electrons. The van der Waals surface area contributed by atoms with Gasteiger partial charge in [0, 0.05) is 44.1 Å². The molecule has 0 atom stereocenters. The summed E-state index contributed by atoms with van der Waals surface area (Å²) in [6.45, 7) is 4.12. The standard InChI is InChI=1S/C38H35F2N7O4/c39-27-8-13-34-43-33(23-45(34)22-27)36(48)42-29-9-11-30(12-10-29)47-37(49)32-19-28(40)20-41-35(32)46(38(47)50)31-3-1-2-26(18-31)25-6-4-24(5-7-25)21-44-14-16-51-17-15-44/h1-8,13,18-20,22-23,29-30H,9-12,14-17,21H2,(H,42,48)/t29-,30+. The predicted octanol–water partition coefficient (Wildman–Crippen LogP) is 4.89. The lowest BCUT2D eigenvalue weighted by Crippen LogP contribution is -2.45. The Balaban J connectivity index is 1.05. The first-order valence-corrected chi connectivity index (χ1v) is 17.1. The van der Waals surface area contributed by atoms with Gasteiger partial charge in [0.1, 0.15) is 23.0 Å². The molecular formula is C38H35F2N7O4. The normalized spacial score (nSPS) is 18.3. The first-order valence-electron chi connectivity index (χ1n) is 17.1. The number of benzene rings is 2. The van der Waals surface area contributed by atoms with Crippen LogP contribution in [0.1, 0.15) is 47.8 Å². The molecule has 0 unspecified atom stereocenters. The van der Waals surface area contributed by atoms with Crippen molar-refractivity contribution in [3.05, 3.63) is 129 Å². The quantitative estimate of drug-likeness (QED) is 0.254. The smallest absolute Gasteiger partial charge is 0.337 e. The first kappa shape index (κ1) is 32.7. The van der Waals surface area contributed by atoms with Crippen molar-refractivity contribution >= 4 is 22.6 Å². The lowest BCUT2D eigenvalue weighted by molar-refractivity contribution is 0.0342. The SMILES string of the molecule is O=C(N[C@H]1CC[C@@H](n2c(=O)c3cc(F)cnc3n(-c3cccc(-c4ccc(CN5CCOCC5)cc4)c3)c2=O)CC1)c1cn2cc(F)ccc2n1. The number of hydrogen-bond donors (Lipinski definition) is 1. The van der Waals surface area contributed by atoms with E-state index in [4.69, 9.17) is 4.74 Å². The third kappa shape index (κ3) is 6.57. The number of nitrogens with zero attached hydrogens (tertiary/aromatic N) is 6. The molecule has 2 fully saturated rings. The van der Waals surface area contributed by atoms with Crippen LogP contribution in [0.5, 0.6) is 0 Å². The van der Waals surface area contributed by atoms with E-state index in [1.165, 1.54) is 43.6 Å². The van der Waals surface area contributed by atoms with Gasteiger partial charge in [-0.05, 0) is 72.7 Å². The molecule has 6 aromatic rings. The van der Waals surface area contributed by atoms with Gasteiger partial charge in [0.15, 0.2) is 5.65 Å². The molecule has 2 aliphatic rings. The Morgan fingerprint density at radius 2 is 1.67 bits per heavy atom. The second-order valence-corrected chi connectivity index (χ2v) is 13.2. The van der Waals surface area contributed by atoms with Gasteiger partial charge in [0.25, 0.3) is 11.5 Å². The zero-order chi connectivity index (χ0) is 35.1. The number of hydrogen-bond acceptors (Lipinski definition) is 7. The van der Waals surface area contributed by atoms with Crippen molar-refractivity contribution in [1.29, 1.82) is 0 Å². The number of nitrogens with one attached hydrogen (secondary N) is 1. The van der Waals surface area contributed by atoms with E-state index in [0.29, 0.717) is 37.0 Å². The number of imidazole rings is 1. The zero-order valence-electron chi connectivity index (χ0n) is 27.7. The van der Waals surface area contributed by atoms with Crippen LogP contribution in [0.3, 0.4) is 0 Å². The molecule has 1 N–H and O–H groups in total. The summed E-state index contributed by atoms with van der Waals surface area (Å²) in [5.74, 6) is -1.51. The number of amides is 1. The van der Waals surface area contributed by atoms with Crippen molar-refractivity contribution in [2.75, 3.05) is 26.3 Å². The lowest BCUT2D eigenvalue weighted by Gasteiger charge is -2.30. The fourth-order valence-electron chi connectivity index (χ4n) is 7.19. The Morgan fingerprint density at radius 3 is 2.45 bits per heavy atom. The number of carbonyl (C=O) groups excluding carboxylic acids is 1. The number of ether oxygens (including phenoxy) is 1. The van der Waals surface area contributed by atoms with Crippen molar-refractivity contribution < 1.29 is 18.3 Å². The van der Waals surface area contributed by atoms with Gasteiger partial charge >= 0.3 is 5.69 Å². The lowest BCUT2D eigenvalue weighted by atomic mass is 9.90. The van der Waals surface area contributed by atoms with Crippen LogP contribution in [-0.2, 0) is 11.3 Å². The number of morpholine rings is 1. The van der Waals surface area contributed by atoms with Crippen LogP contribution < -0.4 is 16.6 Å². The predicted molar refractivity (Wildman–Crippen MR) is 187 cm³/mol. The third-order valence-corrected chi connectivity index (χ3v) is 9.84. The molecule has 1 aliphatic heterocycles. The van der Waals surface area contributed by atoms with Gasteiger partial charge in [-0.25, -0.2) is 28.1 Å². The van der Waals surface area contributed by atoms with Gasteiger partial charge in [-0.15, -0.1) is 0 Å². The number of fused-ring (bicyclic) bond motifs is 2. The van der Waals surface area contributed by atoms with Gasteiger partial charge in [-0.2, -0.15) is 0 Å². The number of pyridine rings is 2. The van der Waals surface area contributed by atoms with E-state index in [1.807, 2.05) is 18.2 Å². The minimum atomic E-state index is -0.677. The van der Waals surface area contributed by atoms with Crippen LogP contribution in [0.15, 0.2) is 94.9 Å². The van der Waals surface area contributed by atoms with Crippen molar-refractivity contribution in [2.45, 2.75) is 44.3 Å². The average molecular weight is 692 g/mol. The summed E-state index contributed by atoms with van der Waals surface area (Å²) in [6.07, 6.45) is 5.60. The Bertz CT molecular complexity index is 2370. The maximum absolute atomic E-state index is 14.5. The highest BCUT2D eigenvalue weighted by atomic mass is 19.1. The maximum Gasteiger partial charge on any atom is 0.337 e. The molecule has 11 nitrogen and oxygen atoms in total. The Labute approximate surface area is 290 Å². The molecule has 13 heteroatoms. The number of aromatic nitrogens is 5. The largest absolute Gasteiger partial charge is 0.379 e. The van der Waals surface area contributed by atoms with Gasteiger partial charge in [-0.1, -0.05) is 36.4 Å². The molecule has 8 rings (SSSR count). The van der Waals surface area contributed by atoms with E-state index in [2.05, 4.69) is 44.5 Å². The van der Waals surface area contributed by atoms with Crippen molar-refractivity contribution in [3.8, 4) is 16.8 Å². The van der Waals surface area contributed by atoms with Crippen LogP contribution >= 0.6 is 0 Å². The summed E-state index contributed by atoms with van der Waals surface area (Å²) < 4.78 is 37.6. The summed E-state index contributed by atoms with van der Waals surface area (Å²) in [5.41, 5.74) is 3.06. The molecule has 5 heterocycles. The van der Waals surface area contributed by atoms with Gasteiger partial charge in [0.2, 0.25) is 0 Å². The second-order valence-electron chi connectivity index (χ2n) is 13.2. The molecule has 1 aliphatic carbocycles. The highest BCUT2D eigenvalue weighted by Gasteiger charge is 2.29. The molecule has 1 amide bonds. The highest BCUT2D eigenvalue weighted by Crippen LogP contribution is 2.29. The Hall–Kier alpha value is -5.53. The molecule has 2 aromatic carbocycles. The van der Waals surface area contributed by atoms with Crippen molar-refractivity contribution in [1.82, 2.24) is 33.7 Å². The second kappa shape index (κ2) is 13.6. The van der Waals surface area contributed by atoms with Gasteiger partial charge in [0.05, 0.1) is 30.5 Å². The maximum atomic E-state index is 14.5. The molecule has 4 aromatic heterocycles. The molecule has 260 valence electrons. The van der Waals surface area contributed by atoms with E-state index >= 15 is 0 Å². The monoisotopic (exact) mass is 691 g/mol. The molecular weight excluding hydrogens is 656 g/mol. The number of rotatable bonds is 7. The van der Waals surface area contributed by atoms with Crippen LogP contribution in [0, 0.1) is 11.6 Å². The first-order chi connectivity index (χ1) is 24.8. The van der Waals surface area contributed by atoms with Crippen molar-refractivity contribution in [3.63, 3.8) is 0 Å². The van der Waals surface area contributed by atoms with E-state index in [0.717, 1.165) is 56.2 Å². The Kier molecular flexibility index (Phi) is 8.74. The summed E-state index contributed by atoms with van der Waals surface area (Å²) >= 11 is 0. The number of halogens is 2. The molecule has 51 heavy (non-hydrogen) atoms. The van der Waals surface area contributed by atoms with E-state index in [1.54, 1.807) is 6.07 Å². The summed E-state index contributed by atoms with van der Waals surface area (Å²) in [4.78, 5) is 52.0. The van der Waals surface area contributed by atoms with Gasteiger partial charge in [-0.3, -0.25) is 19.1 Å². The fourth-order valence-corrected chi connectivity index (χ4v) is 7.19. The molecule has 0 bridgehead atoms. The van der Waals surface area contributed by atoms with Crippen LogP contribution in [0.2, 0.25) is 0 Å². The molecule has 0 spiro atoms. The summed E-state index contributed by atoms with van der Waals surface area (Å²) in [7, 11) is 0. The Morgan fingerprint density at radius 1 is 0.882 bits per heavy atom. The van der Waals surface area contributed by atoms with Gasteiger partial charge < -0.3 is 14.5 Å². The topological polar surface area (TPSA) is 116 Å². The van der Waals surface area contributed by atoms with E-state index in [9.17, 15) is 23.2 Å². The van der Waals surface area contributed by atoms with Crippen LogP contribution in [0.25, 0.3) is 33.5 Å². The summed E-state index contributed by atoms with van der Waals surface area (Å²) in [6, 6.07) is 19.0. The average Bonchev–Trinajstić information content (AvgIpc) is 3.57. The van der Waals surface area contributed by atoms with E-state index in [-0.39, 0.29) is 28.7 Å². The fraction of sp³-hybridized carbons (Fsp3) is 0.289. The molecule has 1 saturated carbocycles. The highest BCUT2D eigenvalue weighted by molar-refractivity contribution is 5.93. The number of carbonyl (C=O) groups is 1.